The maximum absolute atomic E-state index is 10.9. The number of primary amides is 1. The summed E-state index contributed by atoms with van der Waals surface area (Å²) in [6.45, 7) is 0. The van der Waals surface area contributed by atoms with E-state index in [1.54, 1.807) is 0 Å². The van der Waals surface area contributed by atoms with E-state index >= 15 is 0 Å². The quantitative estimate of drug-likeness (QED) is 0.828. The Morgan fingerprint density at radius 3 is 1.78 bits per heavy atom. The SMILES string of the molecule is NC(=O)NSC(c1ccccc1)c1ccccc1. The number of amides is 2. The summed E-state index contributed by atoms with van der Waals surface area (Å²) in [4.78, 5) is 10.9. The fourth-order valence-electron chi connectivity index (χ4n) is 1.70. The van der Waals surface area contributed by atoms with Gasteiger partial charge in [0.2, 0.25) is 0 Å². The van der Waals surface area contributed by atoms with Crippen molar-refractivity contribution >= 4 is 18.0 Å². The van der Waals surface area contributed by atoms with Crippen molar-refractivity contribution in [1.82, 2.24) is 4.72 Å². The lowest BCUT2D eigenvalue weighted by atomic mass is 10.0. The summed E-state index contributed by atoms with van der Waals surface area (Å²) in [5.74, 6) is 0. The molecule has 2 aromatic carbocycles. The molecule has 0 saturated carbocycles. The fraction of sp³-hybridized carbons (Fsp3) is 0.0714. The zero-order valence-corrected chi connectivity index (χ0v) is 10.6. The van der Waals surface area contributed by atoms with Crippen molar-refractivity contribution < 1.29 is 4.79 Å². The Labute approximate surface area is 111 Å². The molecule has 3 nitrogen and oxygen atoms in total. The van der Waals surface area contributed by atoms with Crippen molar-refractivity contribution in [2.75, 3.05) is 0 Å². The molecule has 0 saturated heterocycles. The van der Waals surface area contributed by atoms with Crippen molar-refractivity contribution in [2.45, 2.75) is 5.25 Å². The molecule has 0 fully saturated rings. The molecule has 0 aliphatic heterocycles. The van der Waals surface area contributed by atoms with Crippen LogP contribution in [0.15, 0.2) is 60.7 Å². The third-order valence-electron chi connectivity index (χ3n) is 2.48. The molecule has 2 rings (SSSR count). The van der Waals surface area contributed by atoms with E-state index in [2.05, 4.69) is 4.72 Å². The van der Waals surface area contributed by atoms with Gasteiger partial charge in [-0.15, -0.1) is 0 Å². The summed E-state index contributed by atoms with van der Waals surface area (Å²) in [5, 5.41) is 0.0416. The number of nitrogens with one attached hydrogen (secondary N) is 1. The number of nitrogens with two attached hydrogens (primary N) is 1. The molecule has 0 aliphatic carbocycles. The zero-order valence-electron chi connectivity index (χ0n) is 9.74. The molecular weight excluding hydrogens is 244 g/mol. The lowest BCUT2D eigenvalue weighted by Gasteiger charge is -2.16. The first-order valence-corrected chi connectivity index (χ1v) is 6.46. The first-order chi connectivity index (χ1) is 8.77. The van der Waals surface area contributed by atoms with Gasteiger partial charge in [-0.25, -0.2) is 4.79 Å². The van der Waals surface area contributed by atoms with Crippen molar-refractivity contribution in [2.24, 2.45) is 5.73 Å². The summed E-state index contributed by atoms with van der Waals surface area (Å²) >= 11 is 1.31. The van der Waals surface area contributed by atoms with Crippen LogP contribution in [0, 0.1) is 0 Å². The van der Waals surface area contributed by atoms with E-state index in [1.807, 2.05) is 60.7 Å². The molecule has 0 spiro atoms. The second kappa shape index (κ2) is 6.12. The number of hydrogen-bond donors (Lipinski definition) is 2. The van der Waals surface area contributed by atoms with E-state index in [4.69, 9.17) is 5.73 Å². The number of benzene rings is 2. The Kier molecular flexibility index (Phi) is 4.25. The van der Waals surface area contributed by atoms with Crippen LogP contribution in [0.1, 0.15) is 16.4 Å². The molecule has 0 aliphatic rings. The Balaban J connectivity index is 2.26. The number of carbonyl (C=O) groups excluding carboxylic acids is 1. The van der Waals surface area contributed by atoms with Gasteiger partial charge >= 0.3 is 6.03 Å². The van der Waals surface area contributed by atoms with Crippen LogP contribution in [0.5, 0.6) is 0 Å². The molecule has 0 aromatic heterocycles. The van der Waals surface area contributed by atoms with E-state index in [0.717, 1.165) is 11.1 Å². The maximum atomic E-state index is 10.9. The first-order valence-electron chi connectivity index (χ1n) is 5.58. The normalized spacial score (nSPS) is 10.3. The molecule has 0 atom stereocenters. The lowest BCUT2D eigenvalue weighted by Crippen LogP contribution is -2.24. The van der Waals surface area contributed by atoms with E-state index in [-0.39, 0.29) is 5.25 Å². The summed E-state index contributed by atoms with van der Waals surface area (Å²) in [5.41, 5.74) is 7.38. The van der Waals surface area contributed by atoms with E-state index in [1.165, 1.54) is 11.9 Å². The average Bonchev–Trinajstić information content (AvgIpc) is 2.41. The largest absolute Gasteiger partial charge is 0.351 e. The predicted molar refractivity (Wildman–Crippen MR) is 75.0 cm³/mol. The molecule has 0 unspecified atom stereocenters. The highest BCUT2D eigenvalue weighted by Crippen LogP contribution is 2.33. The van der Waals surface area contributed by atoms with Gasteiger partial charge in [0, 0.05) is 0 Å². The fourth-order valence-corrected chi connectivity index (χ4v) is 2.52. The van der Waals surface area contributed by atoms with E-state index in [9.17, 15) is 4.79 Å². The molecule has 0 bridgehead atoms. The van der Waals surface area contributed by atoms with Gasteiger partial charge < -0.3 is 5.73 Å². The van der Waals surface area contributed by atoms with Gasteiger partial charge in [-0.05, 0) is 23.1 Å². The highest BCUT2D eigenvalue weighted by atomic mass is 32.2. The van der Waals surface area contributed by atoms with Crippen LogP contribution in [0.25, 0.3) is 0 Å². The Hall–Kier alpha value is -1.94. The molecule has 0 heterocycles. The minimum Gasteiger partial charge on any atom is -0.351 e. The van der Waals surface area contributed by atoms with Crippen molar-refractivity contribution in [1.29, 1.82) is 0 Å². The monoisotopic (exact) mass is 258 g/mol. The van der Waals surface area contributed by atoms with Gasteiger partial charge in [0.15, 0.2) is 0 Å². The topological polar surface area (TPSA) is 55.1 Å². The molecular formula is C14H14N2OS. The Morgan fingerprint density at radius 1 is 0.944 bits per heavy atom. The molecule has 2 aromatic rings. The molecule has 92 valence electrons. The Bertz CT molecular complexity index is 462. The van der Waals surface area contributed by atoms with Crippen LogP contribution < -0.4 is 10.5 Å². The third-order valence-corrected chi connectivity index (χ3v) is 3.58. The van der Waals surface area contributed by atoms with Crippen LogP contribution in [0.2, 0.25) is 0 Å². The summed E-state index contributed by atoms with van der Waals surface area (Å²) < 4.78 is 2.60. The van der Waals surface area contributed by atoms with Gasteiger partial charge in [-0.3, -0.25) is 4.72 Å². The van der Waals surface area contributed by atoms with Crippen LogP contribution in [-0.2, 0) is 0 Å². The van der Waals surface area contributed by atoms with Gasteiger partial charge in [0.05, 0.1) is 5.25 Å². The first kappa shape index (κ1) is 12.5. The van der Waals surface area contributed by atoms with Crippen LogP contribution >= 0.6 is 11.9 Å². The predicted octanol–water partition coefficient (Wildman–Crippen LogP) is 3.09. The van der Waals surface area contributed by atoms with Gasteiger partial charge in [0.1, 0.15) is 0 Å². The number of rotatable bonds is 4. The van der Waals surface area contributed by atoms with Crippen molar-refractivity contribution in [3.8, 4) is 0 Å². The smallest absolute Gasteiger partial charge is 0.322 e. The summed E-state index contributed by atoms with van der Waals surface area (Å²) in [6.07, 6.45) is 0. The van der Waals surface area contributed by atoms with Crippen molar-refractivity contribution in [3.05, 3.63) is 71.8 Å². The molecule has 0 radical (unpaired) electrons. The minimum atomic E-state index is -0.531. The standard InChI is InChI=1S/C14H14N2OS/c15-14(17)16-18-13(11-7-3-1-4-8-11)12-9-5-2-6-10-12/h1-10,13H,(H3,15,16,17). The second-order valence-electron chi connectivity index (χ2n) is 3.79. The van der Waals surface area contributed by atoms with E-state index < -0.39 is 6.03 Å². The van der Waals surface area contributed by atoms with Crippen LogP contribution in [0.4, 0.5) is 4.79 Å². The molecule has 4 heteroatoms. The highest BCUT2D eigenvalue weighted by molar-refractivity contribution is 7.98. The van der Waals surface area contributed by atoms with Crippen LogP contribution in [-0.4, -0.2) is 6.03 Å². The molecule has 3 N–H and O–H groups in total. The highest BCUT2D eigenvalue weighted by Gasteiger charge is 2.15. The van der Waals surface area contributed by atoms with Crippen molar-refractivity contribution in [3.63, 3.8) is 0 Å². The average molecular weight is 258 g/mol. The summed E-state index contributed by atoms with van der Waals surface area (Å²) in [6, 6.07) is 19.5. The van der Waals surface area contributed by atoms with Gasteiger partial charge in [-0.2, -0.15) is 0 Å². The van der Waals surface area contributed by atoms with Gasteiger partial charge in [-0.1, -0.05) is 60.7 Å². The summed E-state index contributed by atoms with van der Waals surface area (Å²) in [7, 11) is 0. The van der Waals surface area contributed by atoms with Gasteiger partial charge in [0.25, 0.3) is 0 Å². The third kappa shape index (κ3) is 3.28. The lowest BCUT2D eigenvalue weighted by molar-refractivity contribution is 0.254. The zero-order chi connectivity index (χ0) is 12.8. The number of carbonyl (C=O) groups is 1. The minimum absolute atomic E-state index is 0.0416. The second-order valence-corrected chi connectivity index (χ2v) is 4.70. The van der Waals surface area contributed by atoms with E-state index in [0.29, 0.717) is 0 Å². The molecule has 18 heavy (non-hydrogen) atoms. The molecule has 2 amide bonds. The number of hydrogen-bond acceptors (Lipinski definition) is 2. The maximum Gasteiger partial charge on any atom is 0.322 e. The number of urea groups is 1. The Morgan fingerprint density at radius 2 is 1.39 bits per heavy atom. The van der Waals surface area contributed by atoms with Crippen LogP contribution in [0.3, 0.4) is 0 Å².